The number of hydrogen-bond donors (Lipinski definition) is 1. The molecule has 0 saturated carbocycles. The quantitative estimate of drug-likeness (QED) is 0.843. The molecule has 2 aromatic rings. The molecule has 0 bridgehead atoms. The third-order valence-electron chi connectivity index (χ3n) is 4.07. The number of nitrogens with one attached hydrogen (secondary N) is 1. The second-order valence-corrected chi connectivity index (χ2v) is 5.83. The first-order valence-electron chi connectivity index (χ1n) is 8.23. The molecule has 5 nitrogen and oxygen atoms in total. The molecule has 0 spiro atoms. The molecule has 25 heavy (non-hydrogen) atoms. The third kappa shape index (κ3) is 5.35. The Kier molecular flexibility index (Phi) is 6.57. The molecule has 0 radical (unpaired) electrons. The van der Waals surface area contributed by atoms with E-state index in [1.54, 1.807) is 19.1 Å². The fourth-order valence-corrected chi connectivity index (χ4v) is 2.51. The van der Waals surface area contributed by atoms with Crippen molar-refractivity contribution in [1.29, 1.82) is 0 Å². The Labute approximate surface area is 148 Å². The Morgan fingerprint density at radius 2 is 1.76 bits per heavy atom. The molecule has 1 N–H and O–H groups in total. The highest BCUT2D eigenvalue weighted by molar-refractivity contribution is 5.90. The van der Waals surface area contributed by atoms with E-state index in [1.807, 2.05) is 48.5 Å². The molecular weight excluding hydrogens is 316 g/mol. The van der Waals surface area contributed by atoms with Crippen LogP contribution in [0.2, 0.25) is 0 Å². The summed E-state index contributed by atoms with van der Waals surface area (Å²) in [5.41, 5.74) is 2.80. The van der Waals surface area contributed by atoms with Crippen molar-refractivity contribution < 1.29 is 14.3 Å². The molecule has 132 valence electrons. The molecule has 0 aromatic heterocycles. The number of carbonyl (C=O) groups is 2. The molecule has 0 aliphatic carbocycles. The maximum absolute atomic E-state index is 12.1. The summed E-state index contributed by atoms with van der Waals surface area (Å²) in [6, 6.07) is 15.2. The predicted molar refractivity (Wildman–Crippen MR) is 98.9 cm³/mol. The first-order valence-corrected chi connectivity index (χ1v) is 8.23. The fraction of sp³-hybridized carbons (Fsp3) is 0.300. The standard InChI is InChI=1S/C20H24N2O3/c1-15(23)22(2)18-10-8-16(9-11-18)14-20(24)21-13-12-17-6-4-5-7-19(17)25-3/h4-11H,12-14H2,1-3H3,(H,21,24). The lowest BCUT2D eigenvalue weighted by atomic mass is 10.1. The Balaban J connectivity index is 1.83. The Morgan fingerprint density at radius 3 is 2.40 bits per heavy atom. The highest BCUT2D eigenvalue weighted by Gasteiger charge is 2.08. The molecule has 2 aromatic carbocycles. The molecule has 5 heteroatoms. The molecule has 0 aliphatic heterocycles. The van der Waals surface area contributed by atoms with Crippen LogP contribution in [0.15, 0.2) is 48.5 Å². The first-order chi connectivity index (χ1) is 12.0. The Hall–Kier alpha value is -2.82. The van der Waals surface area contributed by atoms with Gasteiger partial charge in [0.1, 0.15) is 5.75 Å². The molecular formula is C20H24N2O3. The van der Waals surface area contributed by atoms with Crippen molar-refractivity contribution >= 4 is 17.5 Å². The van der Waals surface area contributed by atoms with Crippen LogP contribution in [0.25, 0.3) is 0 Å². The summed E-state index contributed by atoms with van der Waals surface area (Å²) < 4.78 is 5.31. The zero-order chi connectivity index (χ0) is 18.2. The van der Waals surface area contributed by atoms with Crippen molar-refractivity contribution in [2.75, 3.05) is 25.6 Å². The van der Waals surface area contributed by atoms with Crippen molar-refractivity contribution in [3.8, 4) is 5.75 Å². The Bertz CT molecular complexity index is 726. The van der Waals surface area contributed by atoms with E-state index in [-0.39, 0.29) is 11.8 Å². The molecule has 0 heterocycles. The molecule has 0 unspecified atom stereocenters. The number of ether oxygens (including phenoxy) is 1. The number of anilines is 1. The van der Waals surface area contributed by atoms with Crippen LogP contribution in [-0.4, -0.2) is 32.5 Å². The maximum atomic E-state index is 12.1. The topological polar surface area (TPSA) is 58.6 Å². The minimum absolute atomic E-state index is 0.0254. The van der Waals surface area contributed by atoms with Gasteiger partial charge in [-0.15, -0.1) is 0 Å². The zero-order valence-corrected chi connectivity index (χ0v) is 14.9. The van der Waals surface area contributed by atoms with E-state index in [2.05, 4.69) is 5.32 Å². The van der Waals surface area contributed by atoms with E-state index in [9.17, 15) is 9.59 Å². The van der Waals surface area contributed by atoms with Crippen molar-refractivity contribution in [2.24, 2.45) is 0 Å². The van der Waals surface area contributed by atoms with Gasteiger partial charge in [-0.1, -0.05) is 30.3 Å². The highest BCUT2D eigenvalue weighted by Crippen LogP contribution is 2.17. The number of amides is 2. The second kappa shape index (κ2) is 8.87. The summed E-state index contributed by atoms with van der Waals surface area (Å²) in [4.78, 5) is 25.0. The van der Waals surface area contributed by atoms with Crippen molar-refractivity contribution in [3.63, 3.8) is 0 Å². The van der Waals surface area contributed by atoms with Gasteiger partial charge in [0.15, 0.2) is 0 Å². The average Bonchev–Trinajstić information content (AvgIpc) is 2.62. The van der Waals surface area contributed by atoms with Gasteiger partial charge in [-0.2, -0.15) is 0 Å². The van der Waals surface area contributed by atoms with Crippen molar-refractivity contribution in [1.82, 2.24) is 5.32 Å². The number of benzene rings is 2. The van der Waals surface area contributed by atoms with Crippen LogP contribution in [0.4, 0.5) is 5.69 Å². The van der Waals surface area contributed by atoms with Crippen LogP contribution >= 0.6 is 0 Å². The lowest BCUT2D eigenvalue weighted by Crippen LogP contribution is -2.27. The monoisotopic (exact) mass is 340 g/mol. The molecule has 2 amide bonds. The SMILES string of the molecule is COc1ccccc1CCNC(=O)Cc1ccc(N(C)C(C)=O)cc1. The molecule has 0 fully saturated rings. The van der Waals surface area contributed by atoms with Gasteiger partial charge >= 0.3 is 0 Å². The third-order valence-corrected chi connectivity index (χ3v) is 4.07. The summed E-state index contributed by atoms with van der Waals surface area (Å²) >= 11 is 0. The van der Waals surface area contributed by atoms with E-state index in [0.29, 0.717) is 13.0 Å². The summed E-state index contributed by atoms with van der Waals surface area (Å²) in [5, 5.41) is 2.93. The first kappa shape index (κ1) is 18.5. The van der Waals surface area contributed by atoms with E-state index in [0.717, 1.165) is 29.0 Å². The van der Waals surface area contributed by atoms with Gasteiger partial charge in [0.25, 0.3) is 0 Å². The zero-order valence-electron chi connectivity index (χ0n) is 14.9. The van der Waals surface area contributed by atoms with Gasteiger partial charge in [-0.25, -0.2) is 0 Å². The van der Waals surface area contributed by atoms with Gasteiger partial charge in [0.2, 0.25) is 11.8 Å². The number of nitrogens with zero attached hydrogens (tertiary/aromatic N) is 1. The predicted octanol–water partition coefficient (Wildman–Crippen LogP) is 2.58. The van der Waals surface area contributed by atoms with Crippen molar-refractivity contribution in [2.45, 2.75) is 19.8 Å². The van der Waals surface area contributed by atoms with Gasteiger partial charge in [-0.3, -0.25) is 9.59 Å². The van der Waals surface area contributed by atoms with Gasteiger partial charge in [0, 0.05) is 26.2 Å². The number of rotatable bonds is 7. The molecule has 2 rings (SSSR count). The average molecular weight is 340 g/mol. The highest BCUT2D eigenvalue weighted by atomic mass is 16.5. The van der Waals surface area contributed by atoms with E-state index < -0.39 is 0 Å². The smallest absolute Gasteiger partial charge is 0.224 e. The van der Waals surface area contributed by atoms with E-state index in [4.69, 9.17) is 4.74 Å². The summed E-state index contributed by atoms with van der Waals surface area (Å²) in [7, 11) is 3.37. The van der Waals surface area contributed by atoms with Crippen LogP contribution in [0.3, 0.4) is 0 Å². The summed E-state index contributed by atoms with van der Waals surface area (Å²) in [6.45, 7) is 2.08. The van der Waals surface area contributed by atoms with Gasteiger partial charge in [-0.05, 0) is 35.7 Å². The van der Waals surface area contributed by atoms with Crippen LogP contribution < -0.4 is 15.0 Å². The fourth-order valence-electron chi connectivity index (χ4n) is 2.51. The number of methoxy groups -OCH3 is 1. The van der Waals surface area contributed by atoms with Crippen LogP contribution in [0.5, 0.6) is 5.75 Å². The normalized spacial score (nSPS) is 10.2. The van der Waals surface area contributed by atoms with E-state index in [1.165, 1.54) is 6.92 Å². The Morgan fingerprint density at radius 1 is 1.08 bits per heavy atom. The lowest BCUT2D eigenvalue weighted by Gasteiger charge is -2.15. The maximum Gasteiger partial charge on any atom is 0.224 e. The van der Waals surface area contributed by atoms with Crippen LogP contribution in [0, 0.1) is 0 Å². The van der Waals surface area contributed by atoms with E-state index >= 15 is 0 Å². The van der Waals surface area contributed by atoms with Crippen LogP contribution in [0.1, 0.15) is 18.1 Å². The minimum Gasteiger partial charge on any atom is -0.496 e. The van der Waals surface area contributed by atoms with Gasteiger partial charge in [0.05, 0.1) is 13.5 Å². The minimum atomic E-state index is -0.0261. The van der Waals surface area contributed by atoms with Gasteiger partial charge < -0.3 is 15.0 Å². The molecule has 0 atom stereocenters. The number of carbonyl (C=O) groups excluding carboxylic acids is 2. The largest absolute Gasteiger partial charge is 0.496 e. The number of hydrogen-bond acceptors (Lipinski definition) is 3. The summed E-state index contributed by atoms with van der Waals surface area (Å²) in [6.07, 6.45) is 1.04. The lowest BCUT2D eigenvalue weighted by molar-refractivity contribution is -0.120. The molecule has 0 saturated heterocycles. The number of para-hydroxylation sites is 1. The molecule has 0 aliphatic rings. The van der Waals surface area contributed by atoms with Crippen molar-refractivity contribution in [3.05, 3.63) is 59.7 Å². The second-order valence-electron chi connectivity index (χ2n) is 5.83. The van der Waals surface area contributed by atoms with Crippen LogP contribution in [-0.2, 0) is 22.4 Å². The summed E-state index contributed by atoms with van der Waals surface area (Å²) in [5.74, 6) is 0.784.